The molecule has 0 radical (unpaired) electrons. The highest BCUT2D eigenvalue weighted by atomic mass is 79.9. The molecule has 2 aromatic rings. The molecule has 1 nitrogen and oxygen atoms in total. The lowest BCUT2D eigenvalue weighted by atomic mass is 10.1. The summed E-state index contributed by atoms with van der Waals surface area (Å²) in [6.07, 6.45) is 1.10. The third-order valence-electron chi connectivity index (χ3n) is 2.72. The molecule has 18 heavy (non-hydrogen) atoms. The van der Waals surface area contributed by atoms with Crippen molar-refractivity contribution in [2.45, 2.75) is 19.4 Å². The Bertz CT molecular complexity index is 512. The molecular weight excluding hydrogens is 330 g/mol. The summed E-state index contributed by atoms with van der Waals surface area (Å²) in [5, 5.41) is 6.47. The van der Waals surface area contributed by atoms with Gasteiger partial charge in [0.05, 0.1) is 6.04 Å². The van der Waals surface area contributed by atoms with E-state index in [1.165, 1.54) is 4.88 Å². The van der Waals surface area contributed by atoms with Crippen molar-refractivity contribution in [2.24, 2.45) is 0 Å². The quantitative estimate of drug-likeness (QED) is 0.781. The second-order valence-corrected chi connectivity index (χ2v) is 6.25. The van der Waals surface area contributed by atoms with E-state index in [1.807, 2.05) is 18.2 Å². The topological polar surface area (TPSA) is 12.0 Å². The van der Waals surface area contributed by atoms with Gasteiger partial charge in [0, 0.05) is 14.4 Å². The lowest BCUT2D eigenvalue weighted by Gasteiger charge is -2.19. The summed E-state index contributed by atoms with van der Waals surface area (Å²) in [7, 11) is 0. The average molecular weight is 345 g/mol. The summed E-state index contributed by atoms with van der Waals surface area (Å²) in [5.41, 5.74) is 1.13. The number of thiophene rings is 1. The van der Waals surface area contributed by atoms with Crippen LogP contribution in [0.5, 0.6) is 0 Å². The molecule has 1 aromatic carbocycles. The number of rotatable bonds is 5. The summed E-state index contributed by atoms with van der Waals surface area (Å²) < 4.78 is 1.14. The van der Waals surface area contributed by atoms with Gasteiger partial charge >= 0.3 is 0 Å². The molecule has 0 saturated heterocycles. The summed E-state index contributed by atoms with van der Waals surface area (Å²) in [4.78, 5) is 1.27. The predicted octanol–water partition coefficient (Wildman–Crippen LogP) is 5.25. The molecule has 0 aliphatic rings. The van der Waals surface area contributed by atoms with Crippen LogP contribution in [-0.2, 0) is 0 Å². The minimum absolute atomic E-state index is 0.160. The Morgan fingerprint density at radius 1 is 1.33 bits per heavy atom. The Labute approximate surface area is 125 Å². The fourth-order valence-electron chi connectivity index (χ4n) is 1.85. The van der Waals surface area contributed by atoms with E-state index >= 15 is 0 Å². The first-order chi connectivity index (χ1) is 8.74. The average Bonchev–Trinajstić information content (AvgIpc) is 2.78. The van der Waals surface area contributed by atoms with Crippen LogP contribution in [0.15, 0.2) is 40.2 Å². The minimum Gasteiger partial charge on any atom is -0.306 e. The monoisotopic (exact) mass is 343 g/mol. The van der Waals surface area contributed by atoms with E-state index in [0.29, 0.717) is 0 Å². The highest BCUT2D eigenvalue weighted by Crippen LogP contribution is 2.35. The number of hydrogen-bond donors (Lipinski definition) is 1. The number of benzene rings is 1. The first kappa shape index (κ1) is 14.1. The summed E-state index contributed by atoms with van der Waals surface area (Å²) in [6, 6.07) is 10.3. The van der Waals surface area contributed by atoms with Crippen LogP contribution in [0.1, 0.15) is 29.8 Å². The van der Waals surface area contributed by atoms with Crippen LogP contribution in [-0.4, -0.2) is 6.54 Å². The van der Waals surface area contributed by atoms with Crippen LogP contribution < -0.4 is 5.32 Å². The maximum absolute atomic E-state index is 6.32. The normalized spacial score (nSPS) is 12.6. The summed E-state index contributed by atoms with van der Waals surface area (Å²) >= 11 is 11.7. The smallest absolute Gasteiger partial charge is 0.0697 e. The molecular formula is C14H15BrClNS. The molecule has 0 aliphatic heterocycles. The van der Waals surface area contributed by atoms with Crippen molar-refractivity contribution < 1.29 is 0 Å². The van der Waals surface area contributed by atoms with Gasteiger partial charge in [0.1, 0.15) is 0 Å². The third kappa shape index (κ3) is 3.15. The molecule has 0 saturated carbocycles. The Hall–Kier alpha value is -0.350. The predicted molar refractivity (Wildman–Crippen MR) is 83.6 cm³/mol. The Morgan fingerprint density at radius 3 is 2.72 bits per heavy atom. The zero-order valence-electron chi connectivity index (χ0n) is 10.1. The zero-order chi connectivity index (χ0) is 13.0. The maximum atomic E-state index is 6.32. The van der Waals surface area contributed by atoms with E-state index < -0.39 is 0 Å². The zero-order valence-corrected chi connectivity index (χ0v) is 13.3. The summed E-state index contributed by atoms with van der Waals surface area (Å²) in [6.45, 7) is 3.14. The van der Waals surface area contributed by atoms with Crippen LogP contribution in [0.25, 0.3) is 0 Å². The molecule has 1 atom stereocenters. The molecule has 0 bridgehead atoms. The molecule has 1 heterocycles. The van der Waals surface area contributed by atoms with E-state index in [0.717, 1.165) is 28.0 Å². The standard InChI is InChI=1S/C14H15BrClNS/c1-2-8-17-13(14-11(15)7-9-18-14)10-5-3-4-6-12(10)16/h3-7,9,13,17H,2,8H2,1H3. The van der Waals surface area contributed by atoms with Crippen molar-refractivity contribution in [3.8, 4) is 0 Å². The molecule has 0 aliphatic carbocycles. The van der Waals surface area contributed by atoms with E-state index in [4.69, 9.17) is 11.6 Å². The highest BCUT2D eigenvalue weighted by molar-refractivity contribution is 9.10. The number of hydrogen-bond acceptors (Lipinski definition) is 2. The van der Waals surface area contributed by atoms with Gasteiger partial charge in [0.2, 0.25) is 0 Å². The fourth-order valence-corrected chi connectivity index (χ4v) is 3.79. The molecule has 1 aromatic heterocycles. The molecule has 96 valence electrons. The molecule has 4 heteroatoms. The van der Waals surface area contributed by atoms with Crippen LogP contribution in [0.3, 0.4) is 0 Å². The van der Waals surface area contributed by atoms with Gasteiger partial charge in [-0.3, -0.25) is 0 Å². The number of halogens is 2. The van der Waals surface area contributed by atoms with Crippen molar-refractivity contribution in [3.05, 3.63) is 55.6 Å². The lowest BCUT2D eigenvalue weighted by Crippen LogP contribution is -2.22. The van der Waals surface area contributed by atoms with E-state index in [-0.39, 0.29) is 6.04 Å². The second kappa shape index (κ2) is 6.71. The maximum Gasteiger partial charge on any atom is 0.0697 e. The van der Waals surface area contributed by atoms with Gasteiger partial charge in [-0.15, -0.1) is 11.3 Å². The van der Waals surface area contributed by atoms with Crippen molar-refractivity contribution in [3.63, 3.8) is 0 Å². The molecule has 0 amide bonds. The van der Waals surface area contributed by atoms with Crippen molar-refractivity contribution in [2.75, 3.05) is 6.54 Å². The molecule has 0 fully saturated rings. The SMILES string of the molecule is CCCNC(c1ccccc1Cl)c1sccc1Br. The molecule has 1 unspecified atom stereocenters. The Balaban J connectivity index is 2.37. The van der Waals surface area contributed by atoms with Gasteiger partial charge in [-0.25, -0.2) is 0 Å². The van der Waals surface area contributed by atoms with Crippen LogP contribution in [0, 0.1) is 0 Å². The lowest BCUT2D eigenvalue weighted by molar-refractivity contribution is 0.604. The van der Waals surface area contributed by atoms with Gasteiger partial charge < -0.3 is 5.32 Å². The third-order valence-corrected chi connectivity index (χ3v) is 5.00. The van der Waals surface area contributed by atoms with E-state index in [9.17, 15) is 0 Å². The van der Waals surface area contributed by atoms with Gasteiger partial charge in [0.25, 0.3) is 0 Å². The summed E-state index contributed by atoms with van der Waals surface area (Å²) in [5.74, 6) is 0. The first-order valence-electron chi connectivity index (χ1n) is 5.94. The van der Waals surface area contributed by atoms with E-state index in [2.05, 4.69) is 45.7 Å². The van der Waals surface area contributed by atoms with Crippen LogP contribution in [0.4, 0.5) is 0 Å². The van der Waals surface area contributed by atoms with Gasteiger partial charge in [0.15, 0.2) is 0 Å². The second-order valence-electron chi connectivity index (χ2n) is 4.04. The highest BCUT2D eigenvalue weighted by Gasteiger charge is 2.19. The van der Waals surface area contributed by atoms with Gasteiger partial charge in [-0.2, -0.15) is 0 Å². The molecule has 2 rings (SSSR count). The fraction of sp³-hybridized carbons (Fsp3) is 0.286. The largest absolute Gasteiger partial charge is 0.306 e. The molecule has 1 N–H and O–H groups in total. The Morgan fingerprint density at radius 2 is 2.11 bits per heavy atom. The van der Waals surface area contributed by atoms with Crippen molar-refractivity contribution in [1.29, 1.82) is 0 Å². The molecule has 0 spiro atoms. The van der Waals surface area contributed by atoms with E-state index in [1.54, 1.807) is 11.3 Å². The number of nitrogens with one attached hydrogen (secondary N) is 1. The van der Waals surface area contributed by atoms with Crippen molar-refractivity contribution >= 4 is 38.9 Å². The van der Waals surface area contributed by atoms with Crippen molar-refractivity contribution in [1.82, 2.24) is 5.32 Å². The van der Waals surface area contributed by atoms with Crippen LogP contribution in [0.2, 0.25) is 5.02 Å². The first-order valence-corrected chi connectivity index (χ1v) is 7.99. The van der Waals surface area contributed by atoms with Gasteiger partial charge in [-0.05, 0) is 52.0 Å². The van der Waals surface area contributed by atoms with Gasteiger partial charge in [-0.1, -0.05) is 36.7 Å². The Kier molecular flexibility index (Phi) is 5.25. The minimum atomic E-state index is 0.160. The van der Waals surface area contributed by atoms with Crippen LogP contribution >= 0.6 is 38.9 Å².